The molecule has 1 aromatic carbocycles. The van der Waals surface area contributed by atoms with Gasteiger partial charge in [0.1, 0.15) is 17.0 Å². The maximum Gasteiger partial charge on any atom is 0.433 e. The molecule has 152 valence electrons. The summed E-state index contributed by atoms with van der Waals surface area (Å²) in [5, 5.41) is 8.82. The van der Waals surface area contributed by atoms with Crippen LogP contribution in [0.3, 0.4) is 0 Å². The number of pyridine rings is 1. The molecule has 0 aliphatic heterocycles. The van der Waals surface area contributed by atoms with Crippen LogP contribution in [0.25, 0.3) is 11.0 Å². The molecule has 2 heterocycles. The summed E-state index contributed by atoms with van der Waals surface area (Å²) in [7, 11) is -3.93. The number of alkyl halides is 3. The van der Waals surface area contributed by atoms with Gasteiger partial charge in [-0.3, -0.25) is 0 Å². The van der Waals surface area contributed by atoms with Crippen LogP contribution in [-0.4, -0.2) is 23.0 Å². The van der Waals surface area contributed by atoms with Crippen molar-refractivity contribution in [2.45, 2.75) is 37.5 Å². The first-order valence-electron chi connectivity index (χ1n) is 8.52. The zero-order valence-electron chi connectivity index (χ0n) is 15.4. The van der Waals surface area contributed by atoms with E-state index >= 15 is 0 Å². The summed E-state index contributed by atoms with van der Waals surface area (Å²) in [6.07, 6.45) is -3.57. The second kappa shape index (κ2) is 7.46. The van der Waals surface area contributed by atoms with Crippen LogP contribution in [0.4, 0.5) is 13.2 Å². The molecule has 0 fully saturated rings. The average molecular weight is 423 g/mol. The van der Waals surface area contributed by atoms with E-state index in [1.54, 1.807) is 13.8 Å². The molecule has 0 aliphatic carbocycles. The summed E-state index contributed by atoms with van der Waals surface area (Å²) < 4.78 is 68.2. The highest BCUT2D eigenvalue weighted by atomic mass is 32.2. The number of aromatic nitrogens is 3. The van der Waals surface area contributed by atoms with E-state index < -0.39 is 27.9 Å². The number of nitriles is 1. The number of benzene rings is 1. The number of fused-ring (bicyclic) bond motifs is 1. The van der Waals surface area contributed by atoms with Crippen molar-refractivity contribution in [2.24, 2.45) is 0 Å². The van der Waals surface area contributed by atoms with Gasteiger partial charge in [0.15, 0.2) is 0 Å². The van der Waals surface area contributed by atoms with Crippen molar-refractivity contribution in [3.8, 4) is 6.07 Å². The number of imidazole rings is 1. The highest BCUT2D eigenvalue weighted by Gasteiger charge is 2.33. The Bertz CT molecular complexity index is 1200. The van der Waals surface area contributed by atoms with Gasteiger partial charge in [0.05, 0.1) is 34.3 Å². The molecular formula is C18H16F3N5O2S. The first-order chi connectivity index (χ1) is 13.6. The Balaban J connectivity index is 1.97. The number of aryl methyl sites for hydroxylation is 1. The molecule has 0 saturated carbocycles. The fourth-order valence-corrected chi connectivity index (χ4v) is 4.13. The number of rotatable bonds is 5. The van der Waals surface area contributed by atoms with Gasteiger partial charge in [-0.1, -0.05) is 0 Å². The van der Waals surface area contributed by atoms with Gasteiger partial charge in [-0.15, -0.1) is 0 Å². The smallest absolute Gasteiger partial charge is 0.327 e. The quantitative estimate of drug-likeness (QED) is 0.678. The van der Waals surface area contributed by atoms with Crippen LogP contribution in [0.2, 0.25) is 0 Å². The van der Waals surface area contributed by atoms with Crippen molar-refractivity contribution in [1.82, 2.24) is 19.3 Å². The van der Waals surface area contributed by atoms with Crippen LogP contribution in [0.1, 0.15) is 37.0 Å². The molecule has 3 rings (SSSR count). The van der Waals surface area contributed by atoms with Gasteiger partial charge >= 0.3 is 6.18 Å². The third kappa shape index (κ3) is 4.08. The van der Waals surface area contributed by atoms with Crippen LogP contribution in [0.15, 0.2) is 41.4 Å². The minimum atomic E-state index is -4.60. The van der Waals surface area contributed by atoms with Crippen molar-refractivity contribution < 1.29 is 21.6 Å². The fraction of sp³-hybridized carbons (Fsp3) is 0.278. The van der Waals surface area contributed by atoms with Gasteiger partial charge in [-0.25, -0.2) is 23.1 Å². The lowest BCUT2D eigenvalue weighted by Gasteiger charge is -2.16. The topological polar surface area (TPSA) is 101 Å². The molecular weight excluding hydrogens is 407 g/mol. The van der Waals surface area contributed by atoms with E-state index in [0.29, 0.717) is 5.56 Å². The first-order valence-corrected chi connectivity index (χ1v) is 10.0. The number of hydrogen-bond donors (Lipinski definition) is 1. The number of nitrogens with one attached hydrogen (secondary N) is 1. The van der Waals surface area contributed by atoms with Crippen molar-refractivity contribution in [3.63, 3.8) is 0 Å². The summed E-state index contributed by atoms with van der Waals surface area (Å²) in [5.41, 5.74) is -0.275. The minimum Gasteiger partial charge on any atom is -0.327 e. The molecule has 0 saturated heterocycles. The number of nitrogens with zero attached hydrogens (tertiary/aromatic N) is 4. The monoisotopic (exact) mass is 423 g/mol. The van der Waals surface area contributed by atoms with Crippen molar-refractivity contribution in [2.75, 3.05) is 0 Å². The Kier molecular flexibility index (Phi) is 5.34. The van der Waals surface area contributed by atoms with E-state index in [0.717, 1.165) is 12.3 Å². The highest BCUT2D eigenvalue weighted by molar-refractivity contribution is 7.89. The van der Waals surface area contributed by atoms with Crippen LogP contribution >= 0.6 is 0 Å². The molecule has 0 spiro atoms. The molecule has 1 unspecified atom stereocenters. The fourth-order valence-electron chi connectivity index (χ4n) is 2.93. The molecule has 11 heteroatoms. The molecule has 3 aromatic rings. The average Bonchev–Trinajstić information content (AvgIpc) is 3.05. The second-order valence-corrected chi connectivity index (χ2v) is 7.96. The molecule has 29 heavy (non-hydrogen) atoms. The van der Waals surface area contributed by atoms with E-state index in [-0.39, 0.29) is 28.3 Å². The summed E-state index contributed by atoms with van der Waals surface area (Å²) in [5.74, 6) is 0.265. The molecule has 7 nitrogen and oxygen atoms in total. The number of sulfonamides is 1. The van der Waals surface area contributed by atoms with E-state index in [9.17, 15) is 21.6 Å². The predicted molar refractivity (Wildman–Crippen MR) is 98.1 cm³/mol. The van der Waals surface area contributed by atoms with Crippen molar-refractivity contribution in [1.29, 1.82) is 5.26 Å². The van der Waals surface area contributed by atoms with Gasteiger partial charge < -0.3 is 4.57 Å². The highest BCUT2D eigenvalue weighted by Crippen LogP contribution is 2.30. The van der Waals surface area contributed by atoms with E-state index in [4.69, 9.17) is 5.26 Å². The van der Waals surface area contributed by atoms with Gasteiger partial charge in [-0.2, -0.15) is 18.4 Å². The molecule has 1 atom stereocenters. The summed E-state index contributed by atoms with van der Waals surface area (Å²) in [6.45, 7) is 3.56. The van der Waals surface area contributed by atoms with Crippen molar-refractivity contribution in [3.05, 3.63) is 53.6 Å². The van der Waals surface area contributed by atoms with E-state index in [2.05, 4.69) is 14.7 Å². The molecule has 0 aliphatic rings. The lowest BCUT2D eigenvalue weighted by atomic mass is 10.2. The lowest BCUT2D eigenvalue weighted by Crippen LogP contribution is -2.28. The first kappa shape index (κ1) is 20.8. The molecule has 0 radical (unpaired) electrons. The van der Waals surface area contributed by atoms with Gasteiger partial charge in [0, 0.05) is 6.54 Å². The Hall–Kier alpha value is -2.97. The van der Waals surface area contributed by atoms with Gasteiger partial charge in [-0.05, 0) is 44.2 Å². The Morgan fingerprint density at radius 1 is 1.28 bits per heavy atom. The summed E-state index contributed by atoms with van der Waals surface area (Å²) in [6, 6.07) is 7.34. The van der Waals surface area contributed by atoms with Gasteiger partial charge in [0.2, 0.25) is 10.0 Å². The minimum absolute atomic E-state index is 0.0384. The Morgan fingerprint density at radius 3 is 2.48 bits per heavy atom. The summed E-state index contributed by atoms with van der Waals surface area (Å²) >= 11 is 0. The Morgan fingerprint density at radius 2 is 1.93 bits per heavy atom. The maximum absolute atomic E-state index is 13.0. The molecule has 0 amide bonds. The normalized spacial score (nSPS) is 13.4. The van der Waals surface area contributed by atoms with E-state index in [1.807, 2.05) is 6.07 Å². The van der Waals surface area contributed by atoms with E-state index in [1.165, 1.54) is 28.8 Å². The predicted octanol–water partition coefficient (Wildman–Crippen LogP) is 3.38. The number of hydrogen-bond acceptors (Lipinski definition) is 5. The lowest BCUT2D eigenvalue weighted by molar-refractivity contribution is -0.141. The largest absolute Gasteiger partial charge is 0.433 e. The SMILES string of the molecule is CCn1c(C(C)NS(=O)(=O)c2ccc(C#N)cc2)nc2cnc(C(F)(F)F)cc21. The third-order valence-corrected chi connectivity index (χ3v) is 5.84. The Labute approximate surface area is 164 Å². The van der Waals surface area contributed by atoms with Gasteiger partial charge in [0.25, 0.3) is 0 Å². The number of halogens is 3. The van der Waals surface area contributed by atoms with Crippen LogP contribution in [0, 0.1) is 11.3 Å². The zero-order valence-corrected chi connectivity index (χ0v) is 16.2. The third-order valence-electron chi connectivity index (χ3n) is 4.28. The zero-order chi connectivity index (χ0) is 21.4. The molecule has 2 aromatic heterocycles. The molecule has 0 bridgehead atoms. The van der Waals surface area contributed by atoms with Crippen LogP contribution in [0.5, 0.6) is 0 Å². The summed E-state index contributed by atoms with van der Waals surface area (Å²) in [4.78, 5) is 7.64. The molecule has 1 N–H and O–H groups in total. The van der Waals surface area contributed by atoms with Crippen LogP contribution < -0.4 is 4.72 Å². The van der Waals surface area contributed by atoms with Crippen LogP contribution in [-0.2, 0) is 22.7 Å². The van der Waals surface area contributed by atoms with Crippen molar-refractivity contribution >= 4 is 21.1 Å². The maximum atomic E-state index is 13.0. The standard InChI is InChI=1S/C18H16F3N5O2S/c1-3-26-15-8-16(18(19,20)21)23-10-14(15)24-17(26)11(2)25-29(27,28)13-6-4-12(9-22)5-7-13/h4-8,10-11,25H,3H2,1-2H3. The second-order valence-electron chi connectivity index (χ2n) is 6.25.